The van der Waals surface area contributed by atoms with Gasteiger partial charge in [0.2, 0.25) is 0 Å². The molecule has 0 saturated heterocycles. The normalized spacial score (nSPS) is 10.6. The summed E-state index contributed by atoms with van der Waals surface area (Å²) < 4.78 is 7.47. The smallest absolute Gasteiger partial charge is 0.270 e. The minimum Gasteiger partial charge on any atom is -0.485 e. The number of nitro benzene ring substituents is 1. The van der Waals surface area contributed by atoms with Gasteiger partial charge in [-0.1, -0.05) is 6.92 Å². The summed E-state index contributed by atoms with van der Waals surface area (Å²) in [6, 6.07) is 4.57. The van der Waals surface area contributed by atoms with Crippen LogP contribution in [0.1, 0.15) is 18.3 Å². The topological polar surface area (TPSA) is 95.1 Å². The van der Waals surface area contributed by atoms with Crippen molar-refractivity contribution < 1.29 is 9.66 Å². The van der Waals surface area contributed by atoms with Crippen molar-refractivity contribution >= 4 is 5.69 Å². The Morgan fingerprint density at radius 2 is 2.29 bits per heavy atom. The molecular weight excluding hydrogens is 274 g/mol. The first-order valence-electron chi connectivity index (χ1n) is 6.55. The quantitative estimate of drug-likeness (QED) is 0.612. The van der Waals surface area contributed by atoms with E-state index < -0.39 is 4.92 Å². The van der Waals surface area contributed by atoms with E-state index in [1.165, 1.54) is 12.1 Å². The van der Waals surface area contributed by atoms with Gasteiger partial charge in [-0.2, -0.15) is 0 Å². The van der Waals surface area contributed by atoms with Crippen LogP contribution in [-0.4, -0.2) is 26.2 Å². The number of non-ortho nitro benzene ring substituents is 1. The largest absolute Gasteiger partial charge is 0.485 e. The summed E-state index contributed by atoms with van der Waals surface area (Å²) in [5.74, 6) is 1.28. The van der Waals surface area contributed by atoms with Gasteiger partial charge in [-0.3, -0.25) is 10.1 Å². The fourth-order valence-corrected chi connectivity index (χ4v) is 1.80. The number of ether oxygens (including phenoxy) is 1. The molecule has 2 rings (SSSR count). The third kappa shape index (κ3) is 3.76. The molecule has 0 atom stereocenters. The molecule has 0 fully saturated rings. The lowest BCUT2D eigenvalue weighted by Crippen LogP contribution is -2.13. The van der Waals surface area contributed by atoms with Crippen molar-refractivity contribution in [1.82, 2.24) is 20.1 Å². The fourth-order valence-electron chi connectivity index (χ4n) is 1.80. The Bertz CT molecular complexity index is 626. The highest BCUT2D eigenvalue weighted by molar-refractivity contribution is 5.43. The molecule has 0 radical (unpaired) electrons. The Labute approximate surface area is 121 Å². The van der Waals surface area contributed by atoms with Gasteiger partial charge in [-0.25, -0.2) is 0 Å². The van der Waals surface area contributed by atoms with E-state index in [1.807, 2.05) is 14.0 Å². The minimum atomic E-state index is -0.415. The molecule has 0 unspecified atom stereocenters. The molecule has 0 bridgehead atoms. The Kier molecular flexibility index (Phi) is 4.83. The standard InChI is InChI=1S/C13H17N5O3/c1-3-14-7-10-6-11(18(19)20)4-5-12(10)21-8-13-16-15-9-17(13)2/h4-6,9,14H,3,7-8H2,1-2H3. The average molecular weight is 291 g/mol. The molecule has 1 heterocycles. The Morgan fingerprint density at radius 1 is 1.48 bits per heavy atom. The Balaban J connectivity index is 2.16. The van der Waals surface area contributed by atoms with Crippen molar-refractivity contribution in [3.05, 3.63) is 46.0 Å². The van der Waals surface area contributed by atoms with Crippen molar-refractivity contribution in [3.63, 3.8) is 0 Å². The first-order chi connectivity index (χ1) is 10.1. The number of hydrogen-bond donors (Lipinski definition) is 1. The lowest BCUT2D eigenvalue weighted by molar-refractivity contribution is -0.384. The van der Waals surface area contributed by atoms with Crippen molar-refractivity contribution in [3.8, 4) is 5.75 Å². The van der Waals surface area contributed by atoms with E-state index in [2.05, 4.69) is 15.5 Å². The zero-order chi connectivity index (χ0) is 15.2. The third-order valence-corrected chi connectivity index (χ3v) is 2.98. The van der Waals surface area contributed by atoms with Gasteiger partial charge < -0.3 is 14.6 Å². The van der Waals surface area contributed by atoms with E-state index in [0.717, 1.165) is 12.1 Å². The maximum Gasteiger partial charge on any atom is 0.270 e. The highest BCUT2D eigenvalue weighted by atomic mass is 16.6. The molecule has 0 aliphatic carbocycles. The van der Waals surface area contributed by atoms with Gasteiger partial charge in [-0.15, -0.1) is 10.2 Å². The van der Waals surface area contributed by atoms with Gasteiger partial charge in [0.1, 0.15) is 18.7 Å². The first-order valence-corrected chi connectivity index (χ1v) is 6.55. The van der Waals surface area contributed by atoms with Crippen LogP contribution in [-0.2, 0) is 20.2 Å². The maximum atomic E-state index is 10.9. The number of nitrogens with one attached hydrogen (secondary N) is 1. The monoisotopic (exact) mass is 291 g/mol. The molecule has 0 saturated carbocycles. The minimum absolute atomic E-state index is 0.0499. The second-order valence-corrected chi connectivity index (χ2v) is 4.48. The molecular formula is C13H17N5O3. The summed E-state index contributed by atoms with van der Waals surface area (Å²) in [5.41, 5.74) is 0.794. The van der Waals surface area contributed by atoms with Gasteiger partial charge in [0, 0.05) is 31.3 Å². The molecule has 0 aliphatic heterocycles. The Morgan fingerprint density at radius 3 is 2.90 bits per heavy atom. The van der Waals surface area contributed by atoms with E-state index in [4.69, 9.17) is 4.74 Å². The van der Waals surface area contributed by atoms with Gasteiger partial charge in [0.05, 0.1) is 4.92 Å². The van der Waals surface area contributed by atoms with E-state index in [0.29, 0.717) is 18.1 Å². The number of nitrogens with zero attached hydrogens (tertiary/aromatic N) is 4. The predicted octanol–water partition coefficient (Wildman–Crippen LogP) is 1.41. The number of benzene rings is 1. The molecule has 8 nitrogen and oxygen atoms in total. The van der Waals surface area contributed by atoms with E-state index >= 15 is 0 Å². The van der Waals surface area contributed by atoms with Crippen LogP contribution in [0.2, 0.25) is 0 Å². The Hall–Kier alpha value is -2.48. The second kappa shape index (κ2) is 6.80. The highest BCUT2D eigenvalue weighted by Crippen LogP contribution is 2.24. The van der Waals surface area contributed by atoms with Crippen LogP contribution in [0, 0.1) is 10.1 Å². The van der Waals surface area contributed by atoms with E-state index in [1.54, 1.807) is 17.0 Å². The van der Waals surface area contributed by atoms with Crippen LogP contribution in [0.25, 0.3) is 0 Å². The molecule has 0 spiro atoms. The molecule has 2 aromatic rings. The molecule has 8 heteroatoms. The zero-order valence-electron chi connectivity index (χ0n) is 11.9. The van der Waals surface area contributed by atoms with Crippen LogP contribution in [0.4, 0.5) is 5.69 Å². The van der Waals surface area contributed by atoms with Crippen molar-refractivity contribution in [2.24, 2.45) is 7.05 Å². The lowest BCUT2D eigenvalue weighted by atomic mass is 10.1. The van der Waals surface area contributed by atoms with Crippen molar-refractivity contribution in [1.29, 1.82) is 0 Å². The number of rotatable bonds is 7. The molecule has 1 aromatic heterocycles. The van der Waals surface area contributed by atoms with Crippen molar-refractivity contribution in [2.45, 2.75) is 20.1 Å². The zero-order valence-corrected chi connectivity index (χ0v) is 11.9. The summed E-state index contributed by atoms with van der Waals surface area (Å²) in [6.45, 7) is 3.50. The van der Waals surface area contributed by atoms with E-state index in [9.17, 15) is 10.1 Å². The van der Waals surface area contributed by atoms with Gasteiger partial charge >= 0.3 is 0 Å². The molecule has 1 aromatic carbocycles. The van der Waals surface area contributed by atoms with Gasteiger partial charge in [0.15, 0.2) is 5.82 Å². The first kappa shape index (κ1) is 14.9. The highest BCUT2D eigenvalue weighted by Gasteiger charge is 2.12. The summed E-state index contributed by atoms with van der Waals surface area (Å²) in [4.78, 5) is 10.4. The van der Waals surface area contributed by atoms with Crippen LogP contribution < -0.4 is 10.1 Å². The summed E-state index contributed by atoms with van der Waals surface area (Å²) in [5, 5.41) is 21.7. The molecule has 0 amide bonds. The van der Waals surface area contributed by atoms with E-state index in [-0.39, 0.29) is 12.3 Å². The number of nitro groups is 1. The van der Waals surface area contributed by atoms with Crippen LogP contribution in [0.15, 0.2) is 24.5 Å². The maximum absolute atomic E-state index is 10.9. The summed E-state index contributed by atoms with van der Waals surface area (Å²) in [7, 11) is 1.83. The molecule has 0 aliphatic rings. The van der Waals surface area contributed by atoms with Gasteiger partial charge in [-0.05, 0) is 12.6 Å². The molecule has 21 heavy (non-hydrogen) atoms. The summed E-state index contributed by atoms with van der Waals surface area (Å²) >= 11 is 0. The SMILES string of the molecule is CCNCc1cc([N+](=O)[O-])ccc1OCc1nncn1C. The fraction of sp³-hybridized carbons (Fsp3) is 0.385. The summed E-state index contributed by atoms with van der Waals surface area (Å²) in [6.07, 6.45) is 1.59. The number of aromatic nitrogens is 3. The lowest BCUT2D eigenvalue weighted by Gasteiger charge is -2.11. The van der Waals surface area contributed by atoms with Crippen molar-refractivity contribution in [2.75, 3.05) is 6.54 Å². The number of aryl methyl sites for hydroxylation is 1. The van der Waals surface area contributed by atoms with Crippen LogP contribution in [0.3, 0.4) is 0 Å². The molecule has 112 valence electrons. The molecule has 1 N–H and O–H groups in total. The average Bonchev–Trinajstić information content (AvgIpc) is 2.88. The predicted molar refractivity (Wildman–Crippen MR) is 75.8 cm³/mol. The van der Waals surface area contributed by atoms with Gasteiger partial charge in [0.25, 0.3) is 5.69 Å². The van der Waals surface area contributed by atoms with Crippen LogP contribution in [0.5, 0.6) is 5.75 Å². The second-order valence-electron chi connectivity index (χ2n) is 4.48. The third-order valence-electron chi connectivity index (χ3n) is 2.98. The number of hydrogen-bond acceptors (Lipinski definition) is 6. The van der Waals surface area contributed by atoms with Crippen LogP contribution >= 0.6 is 0 Å².